The van der Waals surface area contributed by atoms with Crippen LogP contribution in [0.4, 0.5) is 0 Å². The number of ether oxygens (including phenoxy) is 1. The molecule has 0 spiro atoms. The minimum absolute atomic E-state index is 0.197. The van der Waals surface area contributed by atoms with E-state index in [0.717, 1.165) is 0 Å². The number of amides is 1. The number of hydrogen-bond acceptors (Lipinski definition) is 3. The Hall–Kier alpha value is -1.51. The van der Waals surface area contributed by atoms with Crippen molar-refractivity contribution in [2.75, 3.05) is 13.7 Å². The van der Waals surface area contributed by atoms with Crippen LogP contribution in [0.2, 0.25) is 0 Å². The second kappa shape index (κ2) is 7.04. The maximum absolute atomic E-state index is 12.0. The molecule has 4 nitrogen and oxygen atoms in total. The Morgan fingerprint density at radius 1 is 1.67 bits per heavy atom. The fourth-order valence-corrected chi connectivity index (χ4v) is 1.80. The van der Waals surface area contributed by atoms with Crippen molar-refractivity contribution in [2.45, 2.75) is 12.5 Å². The summed E-state index contributed by atoms with van der Waals surface area (Å²) in [7, 11) is 1.53. The van der Waals surface area contributed by atoms with Crippen molar-refractivity contribution in [3.63, 3.8) is 0 Å². The van der Waals surface area contributed by atoms with Gasteiger partial charge in [-0.05, 0) is 34.1 Å². The third-order valence-corrected chi connectivity index (χ3v) is 3.03. The van der Waals surface area contributed by atoms with Gasteiger partial charge in [-0.3, -0.25) is 4.79 Å². The summed E-state index contributed by atoms with van der Waals surface area (Å²) in [6, 6.07) is 4.64. The van der Waals surface area contributed by atoms with Gasteiger partial charge in [0.15, 0.2) is 0 Å². The van der Waals surface area contributed by atoms with Crippen molar-refractivity contribution in [3.05, 3.63) is 28.2 Å². The van der Waals surface area contributed by atoms with Gasteiger partial charge < -0.3 is 15.2 Å². The number of aliphatic hydroxyl groups excluding tert-OH is 1. The van der Waals surface area contributed by atoms with Gasteiger partial charge in [0.2, 0.25) is 0 Å². The molecule has 5 heteroatoms. The highest BCUT2D eigenvalue weighted by molar-refractivity contribution is 9.10. The molecule has 1 rings (SSSR count). The van der Waals surface area contributed by atoms with E-state index in [1.165, 1.54) is 7.11 Å². The van der Waals surface area contributed by atoms with Gasteiger partial charge >= 0.3 is 0 Å². The van der Waals surface area contributed by atoms with Gasteiger partial charge in [0, 0.05) is 10.9 Å². The van der Waals surface area contributed by atoms with Crippen molar-refractivity contribution in [3.8, 4) is 18.1 Å². The number of rotatable bonds is 5. The molecule has 96 valence electrons. The van der Waals surface area contributed by atoms with Crippen LogP contribution in [0, 0.1) is 12.3 Å². The predicted octanol–water partition coefficient (Wildman–Crippen LogP) is 1.57. The first-order valence-electron chi connectivity index (χ1n) is 5.31. The molecule has 0 saturated heterocycles. The zero-order valence-corrected chi connectivity index (χ0v) is 11.5. The molecular weight excluding hydrogens is 298 g/mol. The molecule has 0 fully saturated rings. The number of aliphatic hydroxyl groups is 1. The van der Waals surface area contributed by atoms with E-state index in [1.807, 2.05) is 0 Å². The van der Waals surface area contributed by atoms with Crippen LogP contribution in [0.3, 0.4) is 0 Å². The number of halogens is 1. The van der Waals surface area contributed by atoms with Crippen LogP contribution < -0.4 is 10.1 Å². The second-order valence-electron chi connectivity index (χ2n) is 3.61. The van der Waals surface area contributed by atoms with Crippen LogP contribution in [0.25, 0.3) is 0 Å². The summed E-state index contributed by atoms with van der Waals surface area (Å²) in [4.78, 5) is 12.0. The van der Waals surface area contributed by atoms with E-state index in [0.29, 0.717) is 15.8 Å². The van der Waals surface area contributed by atoms with Crippen LogP contribution in [-0.4, -0.2) is 30.8 Å². The van der Waals surface area contributed by atoms with Crippen LogP contribution in [0.5, 0.6) is 5.75 Å². The molecular formula is C13H14BrNO3. The molecule has 0 saturated carbocycles. The Bertz CT molecular complexity index is 468. The van der Waals surface area contributed by atoms with Gasteiger partial charge in [-0.2, -0.15) is 0 Å². The molecule has 0 aliphatic rings. The zero-order chi connectivity index (χ0) is 13.5. The Morgan fingerprint density at radius 3 is 2.94 bits per heavy atom. The smallest absolute Gasteiger partial charge is 0.252 e. The summed E-state index contributed by atoms with van der Waals surface area (Å²) < 4.78 is 5.71. The highest BCUT2D eigenvalue weighted by Crippen LogP contribution is 2.22. The monoisotopic (exact) mass is 311 g/mol. The van der Waals surface area contributed by atoms with E-state index in [1.54, 1.807) is 18.2 Å². The van der Waals surface area contributed by atoms with Crippen LogP contribution in [0.15, 0.2) is 22.7 Å². The average Bonchev–Trinajstić information content (AvgIpc) is 2.38. The number of benzene rings is 1. The van der Waals surface area contributed by atoms with E-state index in [9.17, 15) is 4.79 Å². The van der Waals surface area contributed by atoms with E-state index < -0.39 is 6.04 Å². The molecule has 18 heavy (non-hydrogen) atoms. The zero-order valence-electron chi connectivity index (χ0n) is 9.94. The fraction of sp³-hybridized carbons (Fsp3) is 0.308. The normalized spacial score (nSPS) is 11.4. The minimum atomic E-state index is -0.444. The first-order chi connectivity index (χ1) is 8.62. The third kappa shape index (κ3) is 3.76. The number of carbonyl (C=O) groups is 1. The molecule has 1 atom stereocenters. The molecule has 0 bridgehead atoms. The highest BCUT2D eigenvalue weighted by Gasteiger charge is 2.15. The molecule has 1 aromatic carbocycles. The molecule has 0 unspecified atom stereocenters. The van der Waals surface area contributed by atoms with E-state index >= 15 is 0 Å². The van der Waals surface area contributed by atoms with E-state index in [-0.39, 0.29) is 18.9 Å². The predicted molar refractivity (Wildman–Crippen MR) is 72.5 cm³/mol. The maximum Gasteiger partial charge on any atom is 0.252 e. The first-order valence-corrected chi connectivity index (χ1v) is 6.10. The Kier molecular flexibility index (Phi) is 5.69. The summed E-state index contributed by atoms with van der Waals surface area (Å²) in [5.41, 5.74) is 0.435. The van der Waals surface area contributed by atoms with Crippen molar-refractivity contribution in [2.24, 2.45) is 0 Å². The number of methoxy groups -OCH3 is 1. The lowest BCUT2D eigenvalue weighted by Gasteiger charge is -2.14. The quantitative estimate of drug-likeness (QED) is 0.812. The Labute approximate surface area is 114 Å². The van der Waals surface area contributed by atoms with E-state index in [4.69, 9.17) is 16.3 Å². The van der Waals surface area contributed by atoms with Crippen molar-refractivity contribution < 1.29 is 14.6 Å². The molecule has 0 aromatic heterocycles. The van der Waals surface area contributed by atoms with Gasteiger partial charge in [-0.1, -0.05) is 0 Å². The van der Waals surface area contributed by atoms with Crippen molar-refractivity contribution >= 4 is 21.8 Å². The lowest BCUT2D eigenvalue weighted by atomic mass is 10.1. The van der Waals surface area contributed by atoms with Gasteiger partial charge in [0.25, 0.3) is 5.91 Å². The molecule has 0 heterocycles. The van der Waals surface area contributed by atoms with E-state index in [2.05, 4.69) is 27.2 Å². The summed E-state index contributed by atoms with van der Waals surface area (Å²) in [5.74, 6) is 2.68. The average molecular weight is 312 g/mol. The first kappa shape index (κ1) is 14.6. The van der Waals surface area contributed by atoms with Crippen LogP contribution in [0.1, 0.15) is 16.8 Å². The molecule has 0 aliphatic carbocycles. The van der Waals surface area contributed by atoms with Gasteiger partial charge in [0.1, 0.15) is 5.75 Å². The Balaban J connectivity index is 2.86. The molecule has 2 N–H and O–H groups in total. The van der Waals surface area contributed by atoms with Crippen molar-refractivity contribution in [1.29, 1.82) is 0 Å². The fourth-order valence-electron chi connectivity index (χ4n) is 1.37. The minimum Gasteiger partial charge on any atom is -0.497 e. The number of nitrogens with one attached hydrogen (secondary N) is 1. The number of carbonyl (C=O) groups excluding carboxylic acids is 1. The highest BCUT2D eigenvalue weighted by atomic mass is 79.9. The molecule has 1 amide bonds. The van der Waals surface area contributed by atoms with Gasteiger partial charge in [-0.15, -0.1) is 12.3 Å². The largest absolute Gasteiger partial charge is 0.497 e. The summed E-state index contributed by atoms with van der Waals surface area (Å²) in [5, 5.41) is 11.7. The topological polar surface area (TPSA) is 58.6 Å². The standard InChI is InChI=1S/C13H14BrNO3/c1-3-4-9(8-16)15-13(17)11-7-10(18-2)5-6-12(11)14/h1,5-7,9,16H,4,8H2,2H3,(H,15,17)/t9-/m0/s1. The number of hydrogen-bond donors (Lipinski definition) is 2. The third-order valence-electron chi connectivity index (χ3n) is 2.34. The summed E-state index contributed by atoms with van der Waals surface area (Å²) >= 11 is 3.29. The number of terminal acetylenes is 1. The lowest BCUT2D eigenvalue weighted by Crippen LogP contribution is -2.37. The summed E-state index contributed by atoms with van der Waals surface area (Å²) in [6.07, 6.45) is 5.43. The van der Waals surface area contributed by atoms with Crippen molar-refractivity contribution in [1.82, 2.24) is 5.32 Å². The second-order valence-corrected chi connectivity index (χ2v) is 4.46. The SMILES string of the molecule is C#CC[C@@H](CO)NC(=O)c1cc(OC)ccc1Br. The molecule has 0 radical (unpaired) electrons. The Morgan fingerprint density at radius 2 is 2.39 bits per heavy atom. The maximum atomic E-state index is 12.0. The molecule has 1 aromatic rings. The summed E-state index contributed by atoms with van der Waals surface area (Å²) in [6.45, 7) is -0.197. The molecule has 0 aliphatic heterocycles. The van der Waals surface area contributed by atoms with Crippen LogP contribution >= 0.6 is 15.9 Å². The lowest BCUT2D eigenvalue weighted by molar-refractivity contribution is 0.0917. The van der Waals surface area contributed by atoms with Crippen LogP contribution in [-0.2, 0) is 0 Å². The van der Waals surface area contributed by atoms with Gasteiger partial charge in [0.05, 0.1) is 25.3 Å². The van der Waals surface area contributed by atoms with Gasteiger partial charge in [-0.25, -0.2) is 0 Å².